The molecule has 0 saturated carbocycles. The van der Waals surface area contributed by atoms with E-state index in [1.165, 1.54) is 0 Å². The van der Waals surface area contributed by atoms with Crippen molar-refractivity contribution in [1.82, 2.24) is 9.88 Å². The van der Waals surface area contributed by atoms with E-state index in [4.69, 9.17) is 0 Å². The van der Waals surface area contributed by atoms with Crippen molar-refractivity contribution in [3.05, 3.63) is 59.9 Å². The molecular weight excluding hydrogens is 326 g/mol. The van der Waals surface area contributed by atoms with Crippen molar-refractivity contribution in [3.63, 3.8) is 0 Å². The number of rotatable bonds is 5. The molecule has 0 atom stereocenters. The van der Waals surface area contributed by atoms with Crippen molar-refractivity contribution in [2.75, 3.05) is 25.0 Å². The predicted octanol–water partition coefficient (Wildman–Crippen LogP) is 2.70. The molecule has 2 aromatic rings. The SMILES string of the molecule is CN(CCc1ccncc1)C(=O)C(C)(C)C(=O)N1CCc2ccccc21. The van der Waals surface area contributed by atoms with Crippen molar-refractivity contribution < 1.29 is 9.59 Å². The molecule has 1 aromatic heterocycles. The number of hydrogen-bond donors (Lipinski definition) is 0. The Morgan fingerprint density at radius 3 is 2.58 bits per heavy atom. The summed E-state index contributed by atoms with van der Waals surface area (Å²) in [6, 6.07) is 11.8. The number of para-hydroxylation sites is 1. The molecule has 0 N–H and O–H groups in total. The lowest BCUT2D eigenvalue weighted by Crippen LogP contribution is -2.50. The van der Waals surface area contributed by atoms with E-state index in [2.05, 4.69) is 4.98 Å². The van der Waals surface area contributed by atoms with Crippen LogP contribution in [-0.4, -0.2) is 41.8 Å². The lowest BCUT2D eigenvalue weighted by Gasteiger charge is -2.32. The molecule has 0 aliphatic carbocycles. The zero-order chi connectivity index (χ0) is 18.7. The maximum absolute atomic E-state index is 13.1. The number of carbonyl (C=O) groups is 2. The number of fused-ring (bicyclic) bond motifs is 1. The highest BCUT2D eigenvalue weighted by Gasteiger charge is 2.42. The van der Waals surface area contributed by atoms with Crippen LogP contribution in [0.5, 0.6) is 0 Å². The first-order chi connectivity index (χ1) is 12.4. The Hall–Kier alpha value is -2.69. The third kappa shape index (κ3) is 3.47. The van der Waals surface area contributed by atoms with E-state index in [-0.39, 0.29) is 11.8 Å². The van der Waals surface area contributed by atoms with Crippen LogP contribution in [0.1, 0.15) is 25.0 Å². The van der Waals surface area contributed by atoms with Gasteiger partial charge < -0.3 is 9.80 Å². The minimum atomic E-state index is -1.09. The first-order valence-electron chi connectivity index (χ1n) is 8.95. The second-order valence-electron chi connectivity index (χ2n) is 7.29. The molecule has 1 aliphatic heterocycles. The van der Waals surface area contributed by atoms with Crippen LogP contribution in [0.2, 0.25) is 0 Å². The number of pyridine rings is 1. The second-order valence-corrected chi connectivity index (χ2v) is 7.29. The summed E-state index contributed by atoms with van der Waals surface area (Å²) in [5.74, 6) is -0.288. The van der Waals surface area contributed by atoms with Crippen molar-refractivity contribution in [1.29, 1.82) is 0 Å². The van der Waals surface area contributed by atoms with Gasteiger partial charge in [-0.1, -0.05) is 18.2 Å². The van der Waals surface area contributed by atoms with Gasteiger partial charge in [0, 0.05) is 38.2 Å². The van der Waals surface area contributed by atoms with Crippen LogP contribution in [-0.2, 0) is 22.4 Å². The fourth-order valence-electron chi connectivity index (χ4n) is 3.40. The number of aromatic nitrogens is 1. The minimum Gasteiger partial charge on any atom is -0.345 e. The molecule has 1 aromatic carbocycles. The molecule has 2 amide bonds. The minimum absolute atomic E-state index is 0.136. The van der Waals surface area contributed by atoms with Crippen LogP contribution in [0.3, 0.4) is 0 Å². The average Bonchev–Trinajstić information content (AvgIpc) is 3.09. The maximum Gasteiger partial charge on any atom is 0.242 e. The van der Waals surface area contributed by atoms with E-state index in [9.17, 15) is 9.59 Å². The van der Waals surface area contributed by atoms with Crippen LogP contribution in [0, 0.1) is 5.41 Å². The van der Waals surface area contributed by atoms with Gasteiger partial charge in [0.1, 0.15) is 5.41 Å². The van der Waals surface area contributed by atoms with Gasteiger partial charge in [0.25, 0.3) is 0 Å². The topological polar surface area (TPSA) is 53.5 Å². The molecule has 2 heterocycles. The summed E-state index contributed by atoms with van der Waals surface area (Å²) in [5.41, 5.74) is 2.12. The van der Waals surface area contributed by atoms with Crippen LogP contribution < -0.4 is 4.90 Å². The third-order valence-electron chi connectivity index (χ3n) is 5.03. The van der Waals surface area contributed by atoms with E-state index in [0.29, 0.717) is 13.1 Å². The monoisotopic (exact) mass is 351 g/mol. The largest absolute Gasteiger partial charge is 0.345 e. The highest BCUT2D eigenvalue weighted by molar-refractivity contribution is 6.11. The van der Waals surface area contributed by atoms with Gasteiger partial charge in [-0.05, 0) is 56.0 Å². The van der Waals surface area contributed by atoms with E-state index in [1.807, 2.05) is 36.4 Å². The van der Waals surface area contributed by atoms with Crippen molar-refractivity contribution >= 4 is 17.5 Å². The molecular formula is C21H25N3O2. The van der Waals surface area contributed by atoms with Crippen LogP contribution in [0.25, 0.3) is 0 Å². The van der Waals surface area contributed by atoms with Crippen molar-refractivity contribution in [2.24, 2.45) is 5.41 Å². The summed E-state index contributed by atoms with van der Waals surface area (Å²) in [5, 5.41) is 0. The van der Waals surface area contributed by atoms with E-state index < -0.39 is 5.41 Å². The fourth-order valence-corrected chi connectivity index (χ4v) is 3.40. The van der Waals surface area contributed by atoms with Crippen molar-refractivity contribution in [3.8, 4) is 0 Å². The zero-order valence-electron chi connectivity index (χ0n) is 15.6. The number of benzene rings is 1. The summed E-state index contributed by atoms with van der Waals surface area (Å²) in [6.07, 6.45) is 5.07. The number of amides is 2. The second kappa shape index (κ2) is 7.28. The molecule has 0 saturated heterocycles. The maximum atomic E-state index is 13.1. The molecule has 0 spiro atoms. The van der Waals surface area contributed by atoms with Gasteiger partial charge in [0.15, 0.2) is 0 Å². The van der Waals surface area contributed by atoms with Gasteiger partial charge in [-0.3, -0.25) is 14.6 Å². The number of anilines is 1. The van der Waals surface area contributed by atoms with Crippen molar-refractivity contribution in [2.45, 2.75) is 26.7 Å². The third-order valence-corrected chi connectivity index (χ3v) is 5.03. The number of nitrogens with zero attached hydrogens (tertiary/aromatic N) is 3. The van der Waals surface area contributed by atoms with Crippen LogP contribution in [0.15, 0.2) is 48.8 Å². The first kappa shape index (κ1) is 18.1. The summed E-state index contributed by atoms with van der Waals surface area (Å²) >= 11 is 0. The summed E-state index contributed by atoms with van der Waals surface area (Å²) in [6.45, 7) is 4.65. The van der Waals surface area contributed by atoms with Gasteiger partial charge >= 0.3 is 0 Å². The lowest BCUT2D eigenvalue weighted by molar-refractivity contribution is -0.146. The standard InChI is InChI=1S/C21H25N3O2/c1-21(2,19(25)23(3)14-10-16-8-12-22-13-9-16)20(26)24-15-11-17-6-4-5-7-18(17)24/h4-9,12-13H,10-11,14-15H2,1-3H3. The molecule has 0 fully saturated rings. The summed E-state index contributed by atoms with van der Waals surface area (Å²) in [7, 11) is 1.76. The Labute approximate surface area is 154 Å². The highest BCUT2D eigenvalue weighted by Crippen LogP contribution is 2.32. The number of carbonyl (C=O) groups excluding carboxylic acids is 2. The smallest absolute Gasteiger partial charge is 0.242 e. The zero-order valence-corrected chi connectivity index (χ0v) is 15.6. The molecule has 0 unspecified atom stereocenters. The van der Waals surface area contributed by atoms with Crippen LogP contribution in [0.4, 0.5) is 5.69 Å². The van der Waals surface area contributed by atoms with E-state index in [0.717, 1.165) is 29.7 Å². The molecule has 3 rings (SSSR count). The van der Waals surface area contributed by atoms with E-state index in [1.54, 1.807) is 43.1 Å². The summed E-state index contributed by atoms with van der Waals surface area (Å²) in [4.78, 5) is 33.5. The Morgan fingerprint density at radius 1 is 1.15 bits per heavy atom. The molecule has 0 radical (unpaired) electrons. The predicted molar refractivity (Wildman–Crippen MR) is 102 cm³/mol. The lowest BCUT2D eigenvalue weighted by atomic mass is 9.89. The highest BCUT2D eigenvalue weighted by atomic mass is 16.2. The average molecular weight is 351 g/mol. The molecule has 5 nitrogen and oxygen atoms in total. The van der Waals surface area contributed by atoms with E-state index >= 15 is 0 Å². The number of hydrogen-bond acceptors (Lipinski definition) is 3. The molecule has 5 heteroatoms. The van der Waals surface area contributed by atoms with Gasteiger partial charge in [0.2, 0.25) is 11.8 Å². The number of likely N-dealkylation sites (N-methyl/N-ethyl adjacent to an activating group) is 1. The van der Waals surface area contributed by atoms with Gasteiger partial charge in [0.05, 0.1) is 0 Å². The molecule has 1 aliphatic rings. The van der Waals surface area contributed by atoms with Gasteiger partial charge in [-0.2, -0.15) is 0 Å². The Bertz CT molecular complexity index is 802. The first-order valence-corrected chi connectivity index (χ1v) is 8.95. The Morgan fingerprint density at radius 2 is 1.85 bits per heavy atom. The molecule has 0 bridgehead atoms. The van der Waals surface area contributed by atoms with Gasteiger partial charge in [-0.25, -0.2) is 0 Å². The van der Waals surface area contributed by atoms with Gasteiger partial charge in [-0.15, -0.1) is 0 Å². The Balaban J connectivity index is 1.68. The normalized spacial score (nSPS) is 13.4. The van der Waals surface area contributed by atoms with Crippen LogP contribution >= 0.6 is 0 Å². The Kier molecular flexibility index (Phi) is 5.07. The molecule has 136 valence electrons. The molecule has 26 heavy (non-hydrogen) atoms. The fraction of sp³-hybridized carbons (Fsp3) is 0.381. The summed E-state index contributed by atoms with van der Waals surface area (Å²) < 4.78 is 0. The quantitative estimate of drug-likeness (QED) is 0.778.